The fourth-order valence-corrected chi connectivity index (χ4v) is 3.60. The van der Waals surface area contributed by atoms with Gasteiger partial charge in [-0.25, -0.2) is 0 Å². The Morgan fingerprint density at radius 2 is 1.59 bits per heavy atom. The quantitative estimate of drug-likeness (QED) is 0.551. The number of likely N-dealkylation sites (tertiary alicyclic amines) is 1. The Morgan fingerprint density at radius 3 is 2.19 bits per heavy atom. The average molecular weight is 365 g/mol. The number of hydrogen-bond acceptors (Lipinski definition) is 3. The van der Waals surface area contributed by atoms with Gasteiger partial charge >= 0.3 is 0 Å². The predicted molar refractivity (Wildman–Crippen MR) is 106 cm³/mol. The van der Waals surface area contributed by atoms with Gasteiger partial charge in [-0.15, -0.1) is 0 Å². The summed E-state index contributed by atoms with van der Waals surface area (Å²) in [7, 11) is 1.66. The van der Waals surface area contributed by atoms with Crippen LogP contribution in [0.3, 0.4) is 0 Å². The van der Waals surface area contributed by atoms with Crippen LogP contribution in [0.15, 0.2) is 72.3 Å². The maximum Gasteiger partial charge on any atom is 0.253 e. The van der Waals surface area contributed by atoms with Crippen molar-refractivity contribution in [3.63, 3.8) is 0 Å². The van der Waals surface area contributed by atoms with E-state index in [1.165, 1.54) is 0 Å². The standard InChI is InChI=1S/C23H27NO3/c1-23(2)21(26-3)20(14-15-27-17-19-12-8-5-9-13-19)22(25)24(23)16-18-10-6-4-7-11-18/h4-14,21H,15-17H2,1-3H3/b20-14+. The summed E-state index contributed by atoms with van der Waals surface area (Å²) < 4.78 is 11.4. The van der Waals surface area contributed by atoms with E-state index in [0.29, 0.717) is 25.3 Å². The highest BCUT2D eigenvalue weighted by Gasteiger charge is 2.50. The molecule has 1 heterocycles. The summed E-state index contributed by atoms with van der Waals surface area (Å²) in [5.74, 6) is 0.0130. The van der Waals surface area contributed by atoms with Gasteiger partial charge in [0.15, 0.2) is 0 Å². The second kappa shape index (κ2) is 8.51. The van der Waals surface area contributed by atoms with Gasteiger partial charge in [0.25, 0.3) is 5.91 Å². The lowest BCUT2D eigenvalue weighted by Crippen LogP contribution is -2.46. The van der Waals surface area contributed by atoms with E-state index in [4.69, 9.17) is 9.47 Å². The number of carbonyl (C=O) groups excluding carboxylic acids is 1. The molecule has 0 saturated carbocycles. The minimum Gasteiger partial charge on any atom is -0.374 e. The van der Waals surface area contributed by atoms with Crippen LogP contribution in [0.25, 0.3) is 0 Å². The third-order valence-corrected chi connectivity index (χ3v) is 5.06. The highest BCUT2D eigenvalue weighted by atomic mass is 16.5. The van der Waals surface area contributed by atoms with Crippen molar-refractivity contribution in [2.24, 2.45) is 0 Å². The first-order valence-corrected chi connectivity index (χ1v) is 9.24. The summed E-state index contributed by atoms with van der Waals surface area (Å²) in [5, 5.41) is 0. The molecule has 1 unspecified atom stereocenters. The van der Waals surface area contributed by atoms with Crippen molar-refractivity contribution in [1.29, 1.82) is 0 Å². The van der Waals surface area contributed by atoms with Crippen LogP contribution in [0.1, 0.15) is 25.0 Å². The van der Waals surface area contributed by atoms with E-state index in [-0.39, 0.29) is 12.0 Å². The zero-order chi connectivity index (χ0) is 19.3. The van der Waals surface area contributed by atoms with E-state index in [2.05, 4.69) is 0 Å². The van der Waals surface area contributed by atoms with Gasteiger partial charge in [0.05, 0.1) is 18.8 Å². The number of methoxy groups -OCH3 is 1. The Labute approximate surface area is 161 Å². The van der Waals surface area contributed by atoms with Crippen LogP contribution in [-0.2, 0) is 27.4 Å². The smallest absolute Gasteiger partial charge is 0.253 e. The van der Waals surface area contributed by atoms with Crippen molar-refractivity contribution in [3.05, 3.63) is 83.4 Å². The summed E-state index contributed by atoms with van der Waals surface area (Å²) in [6.07, 6.45) is 1.58. The number of carbonyl (C=O) groups is 1. The number of benzene rings is 2. The lowest BCUT2D eigenvalue weighted by molar-refractivity contribution is -0.129. The maximum absolute atomic E-state index is 13.1. The van der Waals surface area contributed by atoms with E-state index < -0.39 is 5.54 Å². The van der Waals surface area contributed by atoms with Gasteiger partial charge in [-0.05, 0) is 31.1 Å². The van der Waals surface area contributed by atoms with Crippen molar-refractivity contribution in [3.8, 4) is 0 Å². The summed E-state index contributed by atoms with van der Waals surface area (Å²) in [6, 6.07) is 20.0. The molecular weight excluding hydrogens is 338 g/mol. The SMILES string of the molecule is COC1/C(=C\COCc2ccccc2)C(=O)N(Cc2ccccc2)C1(C)C. The number of ether oxygens (including phenoxy) is 2. The molecule has 1 atom stereocenters. The molecule has 4 nitrogen and oxygen atoms in total. The number of rotatable bonds is 7. The van der Waals surface area contributed by atoms with Crippen molar-refractivity contribution in [1.82, 2.24) is 4.90 Å². The Balaban J connectivity index is 1.71. The van der Waals surface area contributed by atoms with Gasteiger partial charge in [0.1, 0.15) is 6.10 Å². The molecule has 1 aliphatic heterocycles. The summed E-state index contributed by atoms with van der Waals surface area (Å²) >= 11 is 0. The van der Waals surface area contributed by atoms with Crippen LogP contribution >= 0.6 is 0 Å². The lowest BCUT2D eigenvalue weighted by atomic mass is 9.95. The molecule has 1 saturated heterocycles. The van der Waals surface area contributed by atoms with E-state index in [0.717, 1.165) is 11.1 Å². The topological polar surface area (TPSA) is 38.8 Å². The van der Waals surface area contributed by atoms with Crippen LogP contribution in [0, 0.1) is 0 Å². The van der Waals surface area contributed by atoms with Gasteiger partial charge in [-0.3, -0.25) is 4.79 Å². The Hall–Kier alpha value is -2.43. The molecule has 142 valence electrons. The van der Waals surface area contributed by atoms with Gasteiger partial charge in [0, 0.05) is 19.2 Å². The molecule has 3 rings (SSSR count). The first-order valence-electron chi connectivity index (χ1n) is 9.24. The molecule has 1 aliphatic rings. The van der Waals surface area contributed by atoms with Gasteiger partial charge in [0.2, 0.25) is 0 Å². The van der Waals surface area contributed by atoms with Crippen molar-refractivity contribution in [2.75, 3.05) is 13.7 Å². The number of amides is 1. The third-order valence-electron chi connectivity index (χ3n) is 5.06. The monoisotopic (exact) mass is 365 g/mol. The molecule has 0 aliphatic carbocycles. The predicted octanol–water partition coefficient (Wildman–Crippen LogP) is 3.97. The van der Waals surface area contributed by atoms with E-state index in [1.54, 1.807) is 7.11 Å². The summed E-state index contributed by atoms with van der Waals surface area (Å²) in [6.45, 7) is 5.56. The molecular formula is C23H27NO3. The molecule has 0 N–H and O–H groups in total. The Morgan fingerprint density at radius 1 is 1.00 bits per heavy atom. The molecule has 0 radical (unpaired) electrons. The zero-order valence-electron chi connectivity index (χ0n) is 16.2. The van der Waals surface area contributed by atoms with E-state index >= 15 is 0 Å². The maximum atomic E-state index is 13.1. The second-order valence-corrected chi connectivity index (χ2v) is 7.31. The Kier molecular flexibility index (Phi) is 6.09. The molecule has 0 spiro atoms. The van der Waals surface area contributed by atoms with Crippen molar-refractivity contribution >= 4 is 5.91 Å². The largest absolute Gasteiger partial charge is 0.374 e. The third kappa shape index (κ3) is 4.29. The zero-order valence-corrected chi connectivity index (χ0v) is 16.2. The normalized spacial score (nSPS) is 20.4. The van der Waals surface area contributed by atoms with Crippen molar-refractivity contribution in [2.45, 2.75) is 38.6 Å². The van der Waals surface area contributed by atoms with E-state index in [1.807, 2.05) is 85.5 Å². The molecule has 0 aromatic heterocycles. The number of nitrogens with zero attached hydrogens (tertiary/aromatic N) is 1. The second-order valence-electron chi connectivity index (χ2n) is 7.31. The fourth-order valence-electron chi connectivity index (χ4n) is 3.60. The lowest BCUT2D eigenvalue weighted by Gasteiger charge is -2.34. The van der Waals surface area contributed by atoms with Gasteiger partial charge < -0.3 is 14.4 Å². The van der Waals surface area contributed by atoms with Crippen LogP contribution in [-0.4, -0.2) is 36.2 Å². The Bertz CT molecular complexity index is 784. The van der Waals surface area contributed by atoms with Crippen LogP contribution in [0.4, 0.5) is 0 Å². The molecule has 2 aromatic rings. The molecule has 1 fully saturated rings. The van der Waals surface area contributed by atoms with E-state index in [9.17, 15) is 4.79 Å². The van der Waals surface area contributed by atoms with Crippen LogP contribution in [0.2, 0.25) is 0 Å². The fraction of sp³-hybridized carbons (Fsp3) is 0.348. The summed E-state index contributed by atoms with van der Waals surface area (Å²) in [4.78, 5) is 15.0. The average Bonchev–Trinajstić information content (AvgIpc) is 2.86. The molecule has 1 amide bonds. The highest BCUT2D eigenvalue weighted by Crippen LogP contribution is 2.37. The molecule has 27 heavy (non-hydrogen) atoms. The summed E-state index contributed by atoms with van der Waals surface area (Å²) in [5.41, 5.74) is 2.47. The van der Waals surface area contributed by atoms with Gasteiger partial charge in [-0.1, -0.05) is 60.7 Å². The van der Waals surface area contributed by atoms with Gasteiger partial charge in [-0.2, -0.15) is 0 Å². The van der Waals surface area contributed by atoms with Crippen LogP contribution in [0.5, 0.6) is 0 Å². The molecule has 4 heteroatoms. The molecule has 2 aromatic carbocycles. The minimum atomic E-state index is -0.424. The van der Waals surface area contributed by atoms with Crippen LogP contribution < -0.4 is 0 Å². The first kappa shape index (κ1) is 19.3. The highest BCUT2D eigenvalue weighted by molar-refractivity contribution is 5.98. The van der Waals surface area contributed by atoms with Crippen molar-refractivity contribution < 1.29 is 14.3 Å². The molecule has 0 bridgehead atoms. The first-order chi connectivity index (χ1) is 13.0. The minimum absolute atomic E-state index is 0.0130. The number of hydrogen-bond donors (Lipinski definition) is 0.